The Morgan fingerprint density at radius 2 is 2.00 bits per heavy atom. The molecule has 7 heteroatoms. The van der Waals surface area contributed by atoms with Crippen LogP contribution in [0.1, 0.15) is 18.4 Å². The molecule has 1 heterocycles. The smallest absolute Gasteiger partial charge is 0.245 e. The maximum atomic E-state index is 13.8. The fraction of sp³-hybridized carbons (Fsp3) is 0.571. The minimum atomic E-state index is -3.82. The molecule has 0 amide bonds. The fourth-order valence-electron chi connectivity index (χ4n) is 2.45. The van der Waals surface area contributed by atoms with Gasteiger partial charge in [0.05, 0.1) is 0 Å². The van der Waals surface area contributed by atoms with Gasteiger partial charge in [0.25, 0.3) is 0 Å². The molecule has 5 nitrogen and oxygen atoms in total. The number of hydrogen-bond donors (Lipinski definition) is 1. The molecule has 0 aromatic heterocycles. The van der Waals surface area contributed by atoms with Crippen LogP contribution in [0.4, 0.5) is 4.39 Å². The molecular weight excluding hydrogens is 293 g/mol. The zero-order valence-electron chi connectivity index (χ0n) is 12.3. The average molecular weight is 315 g/mol. The molecule has 0 atom stereocenters. The van der Waals surface area contributed by atoms with Crippen LogP contribution in [-0.2, 0) is 16.6 Å². The summed E-state index contributed by atoms with van der Waals surface area (Å²) in [6.45, 7) is 3.22. The molecule has 0 saturated carbocycles. The number of benzene rings is 1. The van der Waals surface area contributed by atoms with Gasteiger partial charge in [-0.15, -0.1) is 0 Å². The lowest BCUT2D eigenvalue weighted by Crippen LogP contribution is -2.35. The van der Waals surface area contributed by atoms with Crippen LogP contribution in [0.3, 0.4) is 0 Å². The molecule has 2 rings (SSSR count). The zero-order valence-corrected chi connectivity index (χ0v) is 13.1. The highest BCUT2D eigenvalue weighted by Crippen LogP contribution is 2.20. The van der Waals surface area contributed by atoms with E-state index in [0.717, 1.165) is 32.0 Å². The van der Waals surface area contributed by atoms with E-state index in [9.17, 15) is 12.8 Å². The number of nitrogens with two attached hydrogens (primary N) is 1. The molecule has 1 fully saturated rings. The first-order valence-corrected chi connectivity index (χ1v) is 8.56. The first-order chi connectivity index (χ1) is 9.95. The Bertz CT molecular complexity index is 586. The van der Waals surface area contributed by atoms with Crippen LogP contribution < -0.4 is 5.73 Å². The topological polar surface area (TPSA) is 66.6 Å². The summed E-state index contributed by atoms with van der Waals surface area (Å²) < 4.78 is 40.0. The lowest BCUT2D eigenvalue weighted by Gasteiger charge is -2.21. The highest BCUT2D eigenvalue weighted by molar-refractivity contribution is 7.89. The van der Waals surface area contributed by atoms with Gasteiger partial charge < -0.3 is 10.6 Å². The summed E-state index contributed by atoms with van der Waals surface area (Å²) in [5.41, 5.74) is 6.09. The van der Waals surface area contributed by atoms with E-state index in [1.807, 2.05) is 0 Å². The van der Waals surface area contributed by atoms with Crippen molar-refractivity contribution in [3.63, 3.8) is 0 Å². The van der Waals surface area contributed by atoms with E-state index in [2.05, 4.69) is 4.90 Å². The zero-order chi connectivity index (χ0) is 15.5. The standard InChI is InChI=1S/C14H22FN3O2S/c1-17(8-9-18-6-2-3-7-18)21(19,20)14-10-12(11-16)4-5-13(14)15/h4-5,10H,2-3,6-9,11,16H2,1H3. The first kappa shape index (κ1) is 16.4. The van der Waals surface area contributed by atoms with E-state index in [4.69, 9.17) is 5.73 Å². The number of likely N-dealkylation sites (tertiary alicyclic amines) is 1. The van der Waals surface area contributed by atoms with Gasteiger partial charge in [-0.05, 0) is 43.6 Å². The summed E-state index contributed by atoms with van der Waals surface area (Å²) in [5.74, 6) is -0.736. The van der Waals surface area contributed by atoms with Crippen molar-refractivity contribution in [2.45, 2.75) is 24.3 Å². The van der Waals surface area contributed by atoms with Crippen molar-refractivity contribution in [3.05, 3.63) is 29.6 Å². The van der Waals surface area contributed by atoms with Crippen molar-refractivity contribution >= 4 is 10.0 Å². The molecule has 0 bridgehead atoms. The van der Waals surface area contributed by atoms with E-state index in [-0.39, 0.29) is 11.4 Å². The van der Waals surface area contributed by atoms with E-state index in [1.54, 1.807) is 0 Å². The van der Waals surface area contributed by atoms with Crippen LogP contribution in [-0.4, -0.2) is 50.8 Å². The minimum absolute atomic E-state index is 0.181. The maximum Gasteiger partial charge on any atom is 0.245 e. The molecule has 118 valence electrons. The van der Waals surface area contributed by atoms with E-state index < -0.39 is 15.8 Å². The second-order valence-electron chi connectivity index (χ2n) is 5.34. The highest BCUT2D eigenvalue weighted by Gasteiger charge is 2.25. The first-order valence-electron chi connectivity index (χ1n) is 7.12. The molecule has 1 aliphatic rings. The molecule has 1 saturated heterocycles. The Morgan fingerprint density at radius 3 is 2.62 bits per heavy atom. The monoisotopic (exact) mass is 315 g/mol. The number of sulfonamides is 1. The Morgan fingerprint density at radius 1 is 1.33 bits per heavy atom. The van der Waals surface area contributed by atoms with Gasteiger partial charge in [-0.2, -0.15) is 4.31 Å². The molecule has 1 aromatic rings. The minimum Gasteiger partial charge on any atom is -0.326 e. The van der Waals surface area contributed by atoms with Crippen LogP contribution in [0.25, 0.3) is 0 Å². The largest absolute Gasteiger partial charge is 0.326 e. The van der Waals surface area contributed by atoms with Gasteiger partial charge >= 0.3 is 0 Å². The summed E-state index contributed by atoms with van der Waals surface area (Å²) in [5, 5.41) is 0. The molecule has 0 radical (unpaired) electrons. The molecule has 0 unspecified atom stereocenters. The Kier molecular flexibility index (Phi) is 5.32. The van der Waals surface area contributed by atoms with Gasteiger partial charge in [0.1, 0.15) is 10.7 Å². The molecule has 2 N–H and O–H groups in total. The van der Waals surface area contributed by atoms with Crippen molar-refractivity contribution in [3.8, 4) is 0 Å². The Hall–Kier alpha value is -1.02. The van der Waals surface area contributed by atoms with E-state index in [1.165, 1.54) is 23.5 Å². The van der Waals surface area contributed by atoms with Crippen molar-refractivity contribution in [1.29, 1.82) is 0 Å². The highest BCUT2D eigenvalue weighted by atomic mass is 32.2. The molecule has 0 aliphatic carbocycles. The average Bonchev–Trinajstić information content (AvgIpc) is 2.98. The third-order valence-electron chi connectivity index (χ3n) is 3.85. The van der Waals surface area contributed by atoms with Gasteiger partial charge in [0.2, 0.25) is 10.0 Å². The maximum absolute atomic E-state index is 13.8. The number of halogens is 1. The normalized spacial score (nSPS) is 16.8. The van der Waals surface area contributed by atoms with E-state index in [0.29, 0.717) is 18.7 Å². The lowest BCUT2D eigenvalue weighted by molar-refractivity contribution is 0.309. The second kappa shape index (κ2) is 6.83. The van der Waals surface area contributed by atoms with Crippen LogP contribution in [0.2, 0.25) is 0 Å². The number of likely N-dealkylation sites (N-methyl/N-ethyl adjacent to an activating group) is 1. The molecule has 0 spiro atoms. The van der Waals surface area contributed by atoms with Crippen molar-refractivity contribution in [2.24, 2.45) is 5.73 Å². The number of nitrogens with zero attached hydrogens (tertiary/aromatic N) is 2. The third-order valence-corrected chi connectivity index (χ3v) is 5.72. The number of rotatable bonds is 6. The Balaban J connectivity index is 2.12. The van der Waals surface area contributed by atoms with Crippen LogP contribution in [0.5, 0.6) is 0 Å². The predicted octanol–water partition coefficient (Wildman–Crippen LogP) is 1.00. The van der Waals surface area contributed by atoms with Crippen molar-refractivity contribution < 1.29 is 12.8 Å². The second-order valence-corrected chi connectivity index (χ2v) is 7.36. The van der Waals surface area contributed by atoms with Gasteiger partial charge in [-0.1, -0.05) is 6.07 Å². The van der Waals surface area contributed by atoms with Gasteiger partial charge in [0, 0.05) is 26.7 Å². The van der Waals surface area contributed by atoms with Crippen LogP contribution in [0.15, 0.2) is 23.1 Å². The van der Waals surface area contributed by atoms with Gasteiger partial charge in [-0.25, -0.2) is 12.8 Å². The Labute approximate surface area is 125 Å². The third kappa shape index (κ3) is 3.79. The summed E-state index contributed by atoms with van der Waals surface area (Å²) >= 11 is 0. The van der Waals surface area contributed by atoms with Gasteiger partial charge in [-0.3, -0.25) is 0 Å². The van der Waals surface area contributed by atoms with Crippen molar-refractivity contribution in [1.82, 2.24) is 9.21 Å². The molecular formula is C14H22FN3O2S. The van der Waals surface area contributed by atoms with Crippen LogP contribution >= 0.6 is 0 Å². The predicted molar refractivity (Wildman–Crippen MR) is 79.8 cm³/mol. The molecule has 21 heavy (non-hydrogen) atoms. The lowest BCUT2D eigenvalue weighted by atomic mass is 10.2. The quantitative estimate of drug-likeness (QED) is 0.850. The molecule has 1 aliphatic heterocycles. The SMILES string of the molecule is CN(CCN1CCCC1)S(=O)(=O)c1cc(CN)ccc1F. The molecule has 1 aromatic carbocycles. The number of hydrogen-bond acceptors (Lipinski definition) is 4. The summed E-state index contributed by atoms with van der Waals surface area (Å²) in [6.07, 6.45) is 2.31. The van der Waals surface area contributed by atoms with E-state index >= 15 is 0 Å². The summed E-state index contributed by atoms with van der Waals surface area (Å²) in [4.78, 5) is 1.92. The summed E-state index contributed by atoms with van der Waals surface area (Å²) in [7, 11) is -2.33. The van der Waals surface area contributed by atoms with Crippen molar-refractivity contribution in [2.75, 3.05) is 33.2 Å². The van der Waals surface area contributed by atoms with Gasteiger partial charge in [0.15, 0.2) is 0 Å². The summed E-state index contributed by atoms with van der Waals surface area (Å²) in [6, 6.07) is 3.97. The fourth-order valence-corrected chi connectivity index (χ4v) is 3.72. The van der Waals surface area contributed by atoms with Crippen LogP contribution in [0, 0.1) is 5.82 Å².